The fourth-order valence-corrected chi connectivity index (χ4v) is 4.31. The molecule has 0 spiro atoms. The van der Waals surface area contributed by atoms with Gasteiger partial charge in [-0.15, -0.1) is 10.2 Å². The molecule has 5 rings (SSSR count). The first-order chi connectivity index (χ1) is 18.4. The van der Waals surface area contributed by atoms with Crippen molar-refractivity contribution in [1.82, 2.24) is 9.88 Å². The molecular formula is C28H22N4O6. The Morgan fingerprint density at radius 2 is 1.32 bits per heavy atom. The van der Waals surface area contributed by atoms with Crippen LogP contribution >= 0.6 is 0 Å². The van der Waals surface area contributed by atoms with Crippen LogP contribution in [0.2, 0.25) is 0 Å². The van der Waals surface area contributed by atoms with E-state index in [1.54, 1.807) is 80.9 Å². The highest BCUT2D eigenvalue weighted by atomic mass is 16.5. The van der Waals surface area contributed by atoms with Crippen LogP contribution in [0.3, 0.4) is 0 Å². The number of rotatable bonds is 7. The Balaban J connectivity index is 1.58. The normalized spacial score (nSPS) is 12.9. The van der Waals surface area contributed by atoms with E-state index in [1.807, 2.05) is 0 Å². The van der Waals surface area contributed by atoms with Gasteiger partial charge in [0, 0.05) is 6.07 Å². The van der Waals surface area contributed by atoms with Gasteiger partial charge in [0.1, 0.15) is 17.2 Å². The Hall–Kier alpha value is -5.25. The standard InChI is InChI=1S/C28H22N4O6/c1-37-18-10-6-16(7-11-18)25(17-8-12-19(38-2)13-9-17)32-27(35)20-4-3-5-21(24(20)28(32)36)30-31-22-14-15-23(33)29-26(22)34/h3-15,25H,1-2H3,(H2,29,33,34). The summed E-state index contributed by atoms with van der Waals surface area (Å²) in [6.07, 6.45) is 0. The number of carbonyl (C=O) groups is 2. The number of nitrogens with one attached hydrogen (secondary N) is 1. The van der Waals surface area contributed by atoms with E-state index in [9.17, 15) is 19.5 Å². The smallest absolute Gasteiger partial charge is 0.264 e. The van der Waals surface area contributed by atoms with Gasteiger partial charge in [0.15, 0.2) is 0 Å². The monoisotopic (exact) mass is 510 g/mol. The molecule has 10 heteroatoms. The number of amides is 2. The predicted molar refractivity (Wildman–Crippen MR) is 138 cm³/mol. The quantitative estimate of drug-likeness (QED) is 0.268. The van der Waals surface area contributed by atoms with E-state index in [0.29, 0.717) is 22.6 Å². The van der Waals surface area contributed by atoms with E-state index in [-0.39, 0.29) is 22.5 Å². The number of pyridine rings is 1. The van der Waals surface area contributed by atoms with E-state index in [0.717, 1.165) is 0 Å². The number of imide groups is 1. The summed E-state index contributed by atoms with van der Waals surface area (Å²) in [4.78, 5) is 42.3. The zero-order valence-corrected chi connectivity index (χ0v) is 20.4. The van der Waals surface area contributed by atoms with Gasteiger partial charge >= 0.3 is 0 Å². The lowest BCUT2D eigenvalue weighted by Crippen LogP contribution is -2.34. The van der Waals surface area contributed by atoms with Crippen molar-refractivity contribution in [2.75, 3.05) is 14.2 Å². The fourth-order valence-electron chi connectivity index (χ4n) is 4.31. The number of carbonyl (C=O) groups excluding carboxylic acids is 2. The first-order valence-corrected chi connectivity index (χ1v) is 11.5. The van der Waals surface area contributed by atoms with Crippen LogP contribution in [0, 0.1) is 0 Å². The van der Waals surface area contributed by atoms with E-state index < -0.39 is 29.3 Å². The van der Waals surface area contributed by atoms with E-state index in [2.05, 4.69) is 15.2 Å². The van der Waals surface area contributed by atoms with Gasteiger partial charge in [0.25, 0.3) is 17.4 Å². The molecule has 0 fully saturated rings. The Morgan fingerprint density at radius 3 is 1.87 bits per heavy atom. The SMILES string of the molecule is COc1ccc(C(c2ccc(OC)cc2)N2C(=O)c3cccc(N=Nc4ccc(=O)[nH]c4O)c3C2=O)cc1. The number of aromatic hydroxyl groups is 1. The molecule has 0 atom stereocenters. The second-order valence-corrected chi connectivity index (χ2v) is 8.39. The van der Waals surface area contributed by atoms with Crippen LogP contribution in [0.4, 0.5) is 11.4 Å². The van der Waals surface area contributed by atoms with E-state index in [4.69, 9.17) is 9.47 Å². The zero-order chi connectivity index (χ0) is 26.8. The van der Waals surface area contributed by atoms with Gasteiger partial charge in [-0.25, -0.2) is 0 Å². The third kappa shape index (κ3) is 4.39. The summed E-state index contributed by atoms with van der Waals surface area (Å²) in [6, 6.07) is 20.7. The van der Waals surface area contributed by atoms with Crippen molar-refractivity contribution < 1.29 is 24.2 Å². The minimum absolute atomic E-state index is 0.00479. The van der Waals surface area contributed by atoms with Crippen molar-refractivity contribution in [3.05, 3.63) is 111 Å². The highest BCUT2D eigenvalue weighted by Crippen LogP contribution is 2.40. The first kappa shape index (κ1) is 24.4. The molecule has 10 nitrogen and oxygen atoms in total. The number of hydrogen-bond acceptors (Lipinski definition) is 8. The topological polar surface area (TPSA) is 134 Å². The predicted octanol–water partition coefficient (Wildman–Crippen LogP) is 4.90. The molecule has 0 saturated heterocycles. The molecule has 1 aliphatic rings. The average molecular weight is 511 g/mol. The molecule has 0 radical (unpaired) electrons. The maximum absolute atomic E-state index is 13.8. The largest absolute Gasteiger partial charge is 0.497 e. The number of benzene rings is 3. The van der Waals surface area contributed by atoms with Crippen molar-refractivity contribution in [1.29, 1.82) is 0 Å². The molecule has 0 unspecified atom stereocenters. The van der Waals surface area contributed by atoms with E-state index >= 15 is 0 Å². The number of nitrogens with zero attached hydrogens (tertiary/aromatic N) is 3. The minimum Gasteiger partial charge on any atom is -0.497 e. The average Bonchev–Trinajstić information content (AvgIpc) is 3.19. The van der Waals surface area contributed by atoms with Crippen LogP contribution in [0.25, 0.3) is 0 Å². The molecule has 38 heavy (non-hydrogen) atoms. The van der Waals surface area contributed by atoms with Gasteiger partial charge in [0.2, 0.25) is 5.88 Å². The van der Waals surface area contributed by atoms with Crippen LogP contribution in [0.5, 0.6) is 17.4 Å². The summed E-state index contributed by atoms with van der Waals surface area (Å²) in [6.45, 7) is 0. The molecule has 0 aliphatic carbocycles. The van der Waals surface area contributed by atoms with Crippen LogP contribution in [0.15, 0.2) is 93.9 Å². The number of aromatic nitrogens is 1. The number of H-pyrrole nitrogens is 1. The van der Waals surface area contributed by atoms with Gasteiger partial charge in [0.05, 0.1) is 37.1 Å². The fraction of sp³-hybridized carbons (Fsp3) is 0.107. The summed E-state index contributed by atoms with van der Waals surface area (Å²) in [7, 11) is 3.12. The number of ether oxygens (including phenoxy) is 2. The number of azo groups is 1. The zero-order valence-electron chi connectivity index (χ0n) is 20.4. The number of aromatic amines is 1. The lowest BCUT2D eigenvalue weighted by molar-refractivity contribution is 0.0609. The van der Waals surface area contributed by atoms with Crippen molar-refractivity contribution in [3.8, 4) is 17.4 Å². The van der Waals surface area contributed by atoms with Crippen LogP contribution < -0.4 is 15.0 Å². The first-order valence-electron chi connectivity index (χ1n) is 11.5. The Morgan fingerprint density at radius 1 is 0.737 bits per heavy atom. The van der Waals surface area contributed by atoms with Crippen LogP contribution in [0.1, 0.15) is 37.9 Å². The molecule has 3 aromatic carbocycles. The third-order valence-electron chi connectivity index (χ3n) is 6.19. The molecule has 0 bridgehead atoms. The minimum atomic E-state index is -0.743. The second kappa shape index (κ2) is 10.0. The maximum atomic E-state index is 13.8. The summed E-state index contributed by atoms with van der Waals surface area (Å²) in [5.74, 6) is -0.208. The van der Waals surface area contributed by atoms with Crippen LogP contribution in [-0.4, -0.2) is 41.0 Å². The summed E-state index contributed by atoms with van der Waals surface area (Å²) in [5, 5.41) is 18.0. The maximum Gasteiger partial charge on any atom is 0.264 e. The molecule has 2 heterocycles. The molecule has 1 aliphatic heterocycles. The van der Waals surface area contributed by atoms with Gasteiger partial charge in [-0.2, -0.15) is 0 Å². The van der Waals surface area contributed by atoms with Crippen molar-refractivity contribution >= 4 is 23.2 Å². The van der Waals surface area contributed by atoms with Crippen molar-refractivity contribution in [2.45, 2.75) is 6.04 Å². The van der Waals surface area contributed by atoms with Crippen molar-refractivity contribution in [3.63, 3.8) is 0 Å². The third-order valence-corrected chi connectivity index (χ3v) is 6.19. The van der Waals surface area contributed by atoms with Crippen LogP contribution in [-0.2, 0) is 0 Å². The Labute approximate surface area is 216 Å². The van der Waals surface area contributed by atoms with Gasteiger partial charge in [-0.3, -0.25) is 24.3 Å². The molecule has 0 saturated carbocycles. The highest BCUT2D eigenvalue weighted by molar-refractivity contribution is 6.23. The molecule has 4 aromatic rings. The van der Waals surface area contributed by atoms with Crippen molar-refractivity contribution in [2.24, 2.45) is 10.2 Å². The molecule has 2 amide bonds. The van der Waals surface area contributed by atoms with Gasteiger partial charge < -0.3 is 14.6 Å². The van der Waals surface area contributed by atoms with E-state index in [1.165, 1.54) is 17.0 Å². The Kier molecular flexibility index (Phi) is 6.44. The second-order valence-electron chi connectivity index (χ2n) is 8.39. The lowest BCUT2D eigenvalue weighted by Gasteiger charge is -2.27. The number of methoxy groups -OCH3 is 2. The summed E-state index contributed by atoms with van der Waals surface area (Å²) >= 11 is 0. The lowest BCUT2D eigenvalue weighted by atomic mass is 9.96. The number of hydrogen-bond donors (Lipinski definition) is 2. The Bertz CT molecular complexity index is 1560. The molecular weight excluding hydrogens is 488 g/mol. The van der Waals surface area contributed by atoms with Gasteiger partial charge in [-0.1, -0.05) is 30.3 Å². The molecule has 190 valence electrons. The summed E-state index contributed by atoms with van der Waals surface area (Å²) < 4.78 is 10.5. The van der Waals surface area contributed by atoms with Gasteiger partial charge in [-0.05, 0) is 53.6 Å². The number of fused-ring (bicyclic) bond motifs is 1. The highest BCUT2D eigenvalue weighted by Gasteiger charge is 2.42. The molecule has 1 aromatic heterocycles. The summed E-state index contributed by atoms with van der Waals surface area (Å²) in [5.41, 5.74) is 1.34. The molecule has 2 N–H and O–H groups in total.